The predicted molar refractivity (Wildman–Crippen MR) is 127 cm³/mol. The van der Waals surface area contributed by atoms with Crippen LogP contribution in [0.25, 0.3) is 16.6 Å². The van der Waals surface area contributed by atoms with Crippen LogP contribution in [0, 0.1) is 23.7 Å². The first-order chi connectivity index (χ1) is 16.7. The smallest absolute Gasteiger partial charge is 0.298 e. The first-order valence-corrected chi connectivity index (χ1v) is 11.4. The summed E-state index contributed by atoms with van der Waals surface area (Å²) >= 11 is 0. The Labute approximate surface area is 198 Å². The fraction of sp³-hybridized carbons (Fsp3) is 0.360. The van der Waals surface area contributed by atoms with Crippen LogP contribution in [0.1, 0.15) is 12.0 Å². The van der Waals surface area contributed by atoms with E-state index in [2.05, 4.69) is 31.9 Å². The molecule has 0 radical (unpaired) electrons. The molecule has 0 aromatic carbocycles. The molecule has 0 bridgehead atoms. The van der Waals surface area contributed by atoms with Gasteiger partial charge >= 0.3 is 0 Å². The van der Waals surface area contributed by atoms with Crippen LogP contribution in [0.5, 0.6) is 5.75 Å². The van der Waals surface area contributed by atoms with Gasteiger partial charge in [0.15, 0.2) is 0 Å². The third-order valence-electron chi connectivity index (χ3n) is 6.41. The standard InChI is InChI=1S/C25H25N7O2/c1-2-24(33)31-10-8-30(9-11-31)23-5-4-19(16-27-23)22-14-21(34-13-12-29-6-3-7-29)18-32-25(22)20(15-26)17-28-32/h1,4-5,14,16-18H,3,6-13H2. The number of hydrogen-bond donors (Lipinski definition) is 0. The second-order valence-electron chi connectivity index (χ2n) is 8.43. The Morgan fingerprint density at radius 2 is 1.97 bits per heavy atom. The molecule has 5 rings (SSSR count). The quantitative estimate of drug-likeness (QED) is 0.522. The number of ether oxygens (including phenoxy) is 1. The highest BCUT2D eigenvalue weighted by Gasteiger charge is 2.21. The van der Waals surface area contributed by atoms with Crippen molar-refractivity contribution < 1.29 is 9.53 Å². The van der Waals surface area contributed by atoms with E-state index in [4.69, 9.17) is 11.2 Å². The van der Waals surface area contributed by atoms with E-state index in [1.165, 1.54) is 6.42 Å². The minimum atomic E-state index is -0.270. The number of terminal acetylenes is 1. The summed E-state index contributed by atoms with van der Waals surface area (Å²) in [6, 6.07) is 8.14. The normalized spacial score (nSPS) is 16.1. The predicted octanol–water partition coefficient (Wildman–Crippen LogP) is 1.63. The number of amides is 1. The molecule has 0 unspecified atom stereocenters. The maximum atomic E-state index is 11.7. The van der Waals surface area contributed by atoms with Crippen LogP contribution in [0.2, 0.25) is 0 Å². The largest absolute Gasteiger partial charge is 0.491 e. The highest BCUT2D eigenvalue weighted by atomic mass is 16.5. The Kier molecular flexibility index (Phi) is 6.03. The van der Waals surface area contributed by atoms with Gasteiger partial charge in [-0.05, 0) is 43.6 Å². The van der Waals surface area contributed by atoms with E-state index in [0.717, 1.165) is 42.1 Å². The lowest BCUT2D eigenvalue weighted by molar-refractivity contribution is -0.125. The molecule has 2 fully saturated rings. The highest BCUT2D eigenvalue weighted by molar-refractivity contribution is 5.93. The van der Waals surface area contributed by atoms with Crippen molar-refractivity contribution in [3.8, 4) is 35.3 Å². The van der Waals surface area contributed by atoms with Gasteiger partial charge in [0.05, 0.1) is 23.5 Å². The zero-order valence-corrected chi connectivity index (χ0v) is 18.9. The van der Waals surface area contributed by atoms with E-state index < -0.39 is 0 Å². The van der Waals surface area contributed by atoms with Gasteiger partial charge in [-0.3, -0.25) is 9.69 Å². The number of carbonyl (C=O) groups excluding carboxylic acids is 1. The van der Waals surface area contributed by atoms with E-state index in [1.54, 1.807) is 15.6 Å². The molecule has 5 heterocycles. The zero-order valence-electron chi connectivity index (χ0n) is 18.9. The van der Waals surface area contributed by atoms with E-state index in [-0.39, 0.29) is 5.91 Å². The van der Waals surface area contributed by atoms with Gasteiger partial charge in [-0.1, -0.05) is 0 Å². The zero-order chi connectivity index (χ0) is 23.5. The summed E-state index contributed by atoms with van der Waals surface area (Å²) in [6.07, 6.45) is 11.7. The Hall–Kier alpha value is -4.08. The summed E-state index contributed by atoms with van der Waals surface area (Å²) in [5.41, 5.74) is 2.95. The number of piperazine rings is 1. The molecule has 3 aromatic heterocycles. The molecule has 9 heteroatoms. The lowest BCUT2D eigenvalue weighted by Gasteiger charge is -2.34. The topological polar surface area (TPSA) is 90.0 Å². The third kappa shape index (κ3) is 4.26. The van der Waals surface area contributed by atoms with Crippen molar-refractivity contribution in [1.82, 2.24) is 24.4 Å². The van der Waals surface area contributed by atoms with Gasteiger partial charge in [0, 0.05) is 50.0 Å². The van der Waals surface area contributed by atoms with Crippen LogP contribution in [0.15, 0.2) is 36.8 Å². The molecule has 2 saturated heterocycles. The molecule has 0 aliphatic carbocycles. The molecular weight excluding hydrogens is 430 g/mol. The molecule has 0 atom stereocenters. The van der Waals surface area contributed by atoms with Crippen molar-refractivity contribution >= 4 is 17.2 Å². The summed E-state index contributed by atoms with van der Waals surface area (Å²) in [4.78, 5) is 22.5. The Morgan fingerprint density at radius 3 is 2.62 bits per heavy atom. The molecule has 0 spiro atoms. The average Bonchev–Trinajstić information content (AvgIpc) is 3.28. The average molecular weight is 456 g/mol. The number of nitriles is 1. The second-order valence-corrected chi connectivity index (χ2v) is 8.43. The van der Waals surface area contributed by atoms with E-state index >= 15 is 0 Å². The number of aromatic nitrogens is 3. The van der Waals surface area contributed by atoms with Crippen LogP contribution >= 0.6 is 0 Å². The summed E-state index contributed by atoms with van der Waals surface area (Å²) in [7, 11) is 0. The number of nitrogens with zero attached hydrogens (tertiary/aromatic N) is 7. The number of hydrogen-bond acceptors (Lipinski definition) is 7. The second kappa shape index (κ2) is 9.42. The van der Waals surface area contributed by atoms with Gasteiger partial charge in [0.1, 0.15) is 24.2 Å². The van der Waals surface area contributed by atoms with Gasteiger partial charge in [-0.25, -0.2) is 9.50 Å². The van der Waals surface area contributed by atoms with Crippen molar-refractivity contribution in [1.29, 1.82) is 5.26 Å². The van der Waals surface area contributed by atoms with Crippen molar-refractivity contribution in [3.05, 3.63) is 42.4 Å². The molecule has 34 heavy (non-hydrogen) atoms. The van der Waals surface area contributed by atoms with Crippen LogP contribution in [-0.2, 0) is 4.79 Å². The molecular formula is C25H25N7O2. The van der Waals surface area contributed by atoms with Crippen LogP contribution < -0.4 is 9.64 Å². The van der Waals surface area contributed by atoms with E-state index in [0.29, 0.717) is 44.1 Å². The van der Waals surface area contributed by atoms with Crippen molar-refractivity contribution in [2.45, 2.75) is 6.42 Å². The first kappa shape index (κ1) is 21.7. The summed E-state index contributed by atoms with van der Waals surface area (Å²) in [6.45, 7) is 6.25. The number of pyridine rings is 2. The fourth-order valence-electron chi connectivity index (χ4n) is 4.34. The van der Waals surface area contributed by atoms with Gasteiger partial charge in [-0.2, -0.15) is 10.4 Å². The minimum Gasteiger partial charge on any atom is -0.491 e. The fourth-order valence-corrected chi connectivity index (χ4v) is 4.34. The summed E-state index contributed by atoms with van der Waals surface area (Å²) in [5, 5.41) is 13.9. The van der Waals surface area contributed by atoms with E-state index in [9.17, 15) is 10.1 Å². The Bertz CT molecular complexity index is 1270. The molecule has 1 amide bonds. The van der Waals surface area contributed by atoms with Crippen LogP contribution in [-0.4, -0.2) is 82.7 Å². The summed E-state index contributed by atoms with van der Waals surface area (Å²) in [5.74, 6) is 3.44. The summed E-state index contributed by atoms with van der Waals surface area (Å²) < 4.78 is 7.72. The van der Waals surface area contributed by atoms with Crippen LogP contribution in [0.4, 0.5) is 5.82 Å². The molecule has 0 N–H and O–H groups in total. The number of carbonyl (C=O) groups is 1. The molecule has 0 saturated carbocycles. The maximum absolute atomic E-state index is 11.7. The van der Waals surface area contributed by atoms with Gasteiger partial charge < -0.3 is 14.5 Å². The Morgan fingerprint density at radius 1 is 1.15 bits per heavy atom. The van der Waals surface area contributed by atoms with Crippen molar-refractivity contribution in [2.24, 2.45) is 0 Å². The third-order valence-corrected chi connectivity index (χ3v) is 6.41. The number of rotatable bonds is 6. The maximum Gasteiger partial charge on any atom is 0.298 e. The van der Waals surface area contributed by atoms with Crippen LogP contribution in [0.3, 0.4) is 0 Å². The molecule has 2 aliphatic rings. The SMILES string of the molecule is C#CC(=O)N1CCN(c2ccc(-c3cc(OCCN4CCC4)cn4ncc(C#N)c34)cn2)CC1. The lowest BCUT2D eigenvalue weighted by Crippen LogP contribution is -2.48. The number of fused-ring (bicyclic) bond motifs is 1. The highest BCUT2D eigenvalue weighted by Crippen LogP contribution is 2.31. The van der Waals surface area contributed by atoms with Gasteiger partial charge in [0.25, 0.3) is 5.91 Å². The minimum absolute atomic E-state index is 0.270. The van der Waals surface area contributed by atoms with Crippen molar-refractivity contribution in [2.75, 3.05) is 57.3 Å². The lowest BCUT2D eigenvalue weighted by atomic mass is 10.1. The molecule has 172 valence electrons. The van der Waals surface area contributed by atoms with Crippen molar-refractivity contribution in [3.63, 3.8) is 0 Å². The number of likely N-dealkylation sites (tertiary alicyclic amines) is 1. The molecule has 9 nitrogen and oxygen atoms in total. The molecule has 3 aromatic rings. The van der Waals surface area contributed by atoms with Gasteiger partial charge in [0.2, 0.25) is 0 Å². The van der Waals surface area contributed by atoms with E-state index in [1.807, 2.05) is 30.6 Å². The van der Waals surface area contributed by atoms with Gasteiger partial charge in [-0.15, -0.1) is 6.42 Å². The monoisotopic (exact) mass is 455 g/mol. The number of anilines is 1. The molecule has 2 aliphatic heterocycles. The Balaban J connectivity index is 1.37. The first-order valence-electron chi connectivity index (χ1n) is 11.4.